The molecular weight excluding hydrogens is 258 g/mol. The first-order valence-electron chi connectivity index (χ1n) is 7.00. The maximum Gasteiger partial charge on any atom is 0.139 e. The van der Waals surface area contributed by atoms with Crippen LogP contribution in [0.5, 0.6) is 5.75 Å². The maximum atomic E-state index is 5.65. The third-order valence-corrected chi connectivity index (χ3v) is 3.11. The third-order valence-electron chi connectivity index (χ3n) is 3.11. The fourth-order valence-corrected chi connectivity index (χ4v) is 2.05. The van der Waals surface area contributed by atoms with Crippen LogP contribution in [0, 0.1) is 0 Å². The molecule has 0 unspecified atom stereocenters. The molecule has 1 aliphatic rings. The van der Waals surface area contributed by atoms with Crippen molar-refractivity contribution in [3.05, 3.63) is 18.5 Å². The highest BCUT2D eigenvalue weighted by Crippen LogP contribution is 2.19. The standard InChI is InChI=1S/C14H23N3O3/c1-18-6-7-19-8-9-20-14-10-13(11-16-12-14)17-4-2-15-3-5-17/h10-12,15H,2-9H2,1H3. The molecule has 0 bridgehead atoms. The van der Waals surface area contributed by atoms with E-state index in [0.717, 1.165) is 37.6 Å². The topological polar surface area (TPSA) is 55.9 Å². The fraction of sp³-hybridized carbons (Fsp3) is 0.643. The number of nitrogens with zero attached hydrogens (tertiary/aromatic N) is 2. The monoisotopic (exact) mass is 281 g/mol. The molecule has 112 valence electrons. The smallest absolute Gasteiger partial charge is 0.139 e. The number of piperazine rings is 1. The lowest BCUT2D eigenvalue weighted by molar-refractivity contribution is 0.0544. The minimum absolute atomic E-state index is 0.524. The summed E-state index contributed by atoms with van der Waals surface area (Å²) in [5.41, 5.74) is 1.12. The molecule has 0 aromatic carbocycles. The maximum absolute atomic E-state index is 5.65. The van der Waals surface area contributed by atoms with Gasteiger partial charge in [0.15, 0.2) is 0 Å². The van der Waals surface area contributed by atoms with Crippen LogP contribution in [0.2, 0.25) is 0 Å². The van der Waals surface area contributed by atoms with Crippen molar-refractivity contribution < 1.29 is 14.2 Å². The quantitative estimate of drug-likeness (QED) is 0.702. The summed E-state index contributed by atoms with van der Waals surface area (Å²) in [6.45, 7) is 6.32. The summed E-state index contributed by atoms with van der Waals surface area (Å²) in [6.07, 6.45) is 3.62. The molecule has 0 spiro atoms. The third kappa shape index (κ3) is 4.96. The first kappa shape index (κ1) is 15.0. The van der Waals surface area contributed by atoms with Crippen molar-refractivity contribution in [3.8, 4) is 5.75 Å². The van der Waals surface area contributed by atoms with Crippen LogP contribution in [-0.2, 0) is 9.47 Å². The van der Waals surface area contributed by atoms with Gasteiger partial charge in [0, 0.05) is 39.4 Å². The van der Waals surface area contributed by atoms with Gasteiger partial charge in [-0.05, 0) is 0 Å². The highest BCUT2D eigenvalue weighted by Gasteiger charge is 2.11. The van der Waals surface area contributed by atoms with Gasteiger partial charge in [-0.2, -0.15) is 0 Å². The summed E-state index contributed by atoms with van der Waals surface area (Å²) in [5.74, 6) is 0.788. The molecule has 0 saturated carbocycles. The van der Waals surface area contributed by atoms with E-state index in [1.165, 1.54) is 0 Å². The van der Waals surface area contributed by atoms with Crippen LogP contribution in [0.25, 0.3) is 0 Å². The van der Waals surface area contributed by atoms with E-state index < -0.39 is 0 Å². The largest absolute Gasteiger partial charge is 0.489 e. The average molecular weight is 281 g/mol. The van der Waals surface area contributed by atoms with Crippen molar-refractivity contribution >= 4 is 5.69 Å². The number of rotatable bonds is 8. The highest BCUT2D eigenvalue weighted by molar-refractivity contribution is 5.48. The van der Waals surface area contributed by atoms with Gasteiger partial charge in [0.25, 0.3) is 0 Å². The molecular formula is C14H23N3O3. The lowest BCUT2D eigenvalue weighted by atomic mass is 10.3. The molecule has 1 saturated heterocycles. The summed E-state index contributed by atoms with van der Waals surface area (Å²) in [7, 11) is 1.66. The molecule has 1 fully saturated rings. The zero-order chi connectivity index (χ0) is 14.0. The predicted molar refractivity (Wildman–Crippen MR) is 77.5 cm³/mol. The zero-order valence-electron chi connectivity index (χ0n) is 12.0. The van der Waals surface area contributed by atoms with Gasteiger partial charge in [0.1, 0.15) is 12.4 Å². The number of hydrogen-bond donors (Lipinski definition) is 1. The molecule has 6 nitrogen and oxygen atoms in total. The molecule has 1 aromatic rings. The molecule has 2 heterocycles. The normalized spacial score (nSPS) is 15.3. The first-order chi connectivity index (χ1) is 9.90. The van der Waals surface area contributed by atoms with Gasteiger partial charge in [0.05, 0.1) is 37.9 Å². The number of pyridine rings is 1. The number of hydrogen-bond acceptors (Lipinski definition) is 6. The van der Waals surface area contributed by atoms with Crippen molar-refractivity contribution in [2.45, 2.75) is 0 Å². The number of anilines is 1. The van der Waals surface area contributed by atoms with Crippen LogP contribution in [-0.4, -0.2) is 64.7 Å². The Labute approximate surface area is 120 Å². The van der Waals surface area contributed by atoms with Crippen molar-refractivity contribution in [2.24, 2.45) is 0 Å². The van der Waals surface area contributed by atoms with E-state index in [4.69, 9.17) is 14.2 Å². The summed E-state index contributed by atoms with van der Waals surface area (Å²) in [4.78, 5) is 6.55. The SMILES string of the molecule is COCCOCCOc1cncc(N2CCNCC2)c1. The van der Waals surface area contributed by atoms with Crippen LogP contribution < -0.4 is 15.0 Å². The molecule has 0 atom stereocenters. The van der Waals surface area contributed by atoms with Gasteiger partial charge in [-0.3, -0.25) is 4.98 Å². The lowest BCUT2D eigenvalue weighted by Crippen LogP contribution is -2.43. The van der Waals surface area contributed by atoms with Gasteiger partial charge in [-0.25, -0.2) is 0 Å². The fourth-order valence-electron chi connectivity index (χ4n) is 2.05. The van der Waals surface area contributed by atoms with Crippen molar-refractivity contribution in [2.75, 3.05) is 64.6 Å². The number of nitrogens with one attached hydrogen (secondary N) is 1. The van der Waals surface area contributed by atoms with Crippen LogP contribution in [0.4, 0.5) is 5.69 Å². The molecule has 0 aliphatic carbocycles. The summed E-state index contributed by atoms with van der Waals surface area (Å²) < 4.78 is 15.9. The lowest BCUT2D eigenvalue weighted by Gasteiger charge is -2.29. The van der Waals surface area contributed by atoms with Crippen molar-refractivity contribution in [1.29, 1.82) is 0 Å². The van der Waals surface area contributed by atoms with E-state index >= 15 is 0 Å². The van der Waals surface area contributed by atoms with Crippen LogP contribution in [0.1, 0.15) is 0 Å². The molecule has 1 N–H and O–H groups in total. The van der Waals surface area contributed by atoms with E-state index in [1.54, 1.807) is 13.3 Å². The zero-order valence-corrected chi connectivity index (χ0v) is 12.0. The molecule has 20 heavy (non-hydrogen) atoms. The Hall–Kier alpha value is -1.37. The Morgan fingerprint density at radius 2 is 1.95 bits per heavy atom. The van der Waals surface area contributed by atoms with Gasteiger partial charge >= 0.3 is 0 Å². The van der Waals surface area contributed by atoms with Gasteiger partial charge < -0.3 is 24.4 Å². The number of ether oxygens (including phenoxy) is 3. The van der Waals surface area contributed by atoms with E-state index in [2.05, 4.69) is 15.2 Å². The Morgan fingerprint density at radius 1 is 1.15 bits per heavy atom. The van der Waals surface area contributed by atoms with Crippen LogP contribution in [0.3, 0.4) is 0 Å². The number of methoxy groups -OCH3 is 1. The van der Waals surface area contributed by atoms with E-state index in [1.807, 2.05) is 12.3 Å². The molecule has 1 aromatic heterocycles. The Morgan fingerprint density at radius 3 is 2.75 bits per heavy atom. The molecule has 1 aliphatic heterocycles. The molecule has 2 rings (SSSR count). The second-order valence-electron chi connectivity index (χ2n) is 4.57. The van der Waals surface area contributed by atoms with Gasteiger partial charge in [0.2, 0.25) is 0 Å². The molecule has 0 radical (unpaired) electrons. The summed E-state index contributed by atoms with van der Waals surface area (Å²) in [6, 6.07) is 2.04. The first-order valence-corrected chi connectivity index (χ1v) is 7.00. The van der Waals surface area contributed by atoms with Gasteiger partial charge in [-0.15, -0.1) is 0 Å². The van der Waals surface area contributed by atoms with E-state index in [0.29, 0.717) is 26.4 Å². The van der Waals surface area contributed by atoms with Crippen molar-refractivity contribution in [3.63, 3.8) is 0 Å². The Bertz CT molecular complexity index is 384. The summed E-state index contributed by atoms with van der Waals surface area (Å²) in [5, 5.41) is 3.34. The minimum Gasteiger partial charge on any atom is -0.489 e. The van der Waals surface area contributed by atoms with Gasteiger partial charge in [-0.1, -0.05) is 0 Å². The Balaban J connectivity index is 1.74. The average Bonchev–Trinajstić information content (AvgIpc) is 2.52. The van der Waals surface area contributed by atoms with E-state index in [9.17, 15) is 0 Å². The Kier molecular flexibility index (Phi) is 6.56. The molecule has 0 amide bonds. The minimum atomic E-state index is 0.524. The highest BCUT2D eigenvalue weighted by atomic mass is 16.5. The number of aromatic nitrogens is 1. The predicted octanol–water partition coefficient (Wildman–Crippen LogP) is 0.533. The molecule has 6 heteroatoms. The van der Waals surface area contributed by atoms with Crippen molar-refractivity contribution in [1.82, 2.24) is 10.3 Å². The summed E-state index contributed by atoms with van der Waals surface area (Å²) >= 11 is 0. The second-order valence-corrected chi connectivity index (χ2v) is 4.57. The van der Waals surface area contributed by atoms with Crippen LogP contribution in [0.15, 0.2) is 18.5 Å². The second kappa shape index (κ2) is 8.73. The van der Waals surface area contributed by atoms with Crippen LogP contribution >= 0.6 is 0 Å². The van der Waals surface area contributed by atoms with E-state index in [-0.39, 0.29) is 0 Å².